The Kier molecular flexibility index (Phi) is 2.76. The van der Waals surface area contributed by atoms with Crippen LogP contribution >= 0.6 is 0 Å². The smallest absolute Gasteiger partial charge is 0.164 e. The van der Waals surface area contributed by atoms with Crippen LogP contribution in [0, 0.1) is 27.7 Å². The molecule has 0 unspecified atom stereocenters. The Morgan fingerprint density at radius 3 is 1.39 bits per heavy atom. The Morgan fingerprint density at radius 1 is 0.652 bits per heavy atom. The molecule has 0 amide bonds. The van der Waals surface area contributed by atoms with Crippen LogP contribution in [-0.2, 0) is 5.41 Å². The van der Waals surface area contributed by atoms with E-state index in [2.05, 4.69) is 26.0 Å². The fraction of sp³-hybridized carbons (Fsp3) is 0.333. The third-order valence-electron chi connectivity index (χ3n) is 5.82. The first-order valence-electron chi connectivity index (χ1n) is 8.13. The summed E-state index contributed by atoms with van der Waals surface area (Å²) in [6.45, 7) is 8.22. The lowest BCUT2D eigenvalue weighted by molar-refractivity contribution is 0.0957. The summed E-state index contributed by atoms with van der Waals surface area (Å²) in [7, 11) is 0. The topological polar surface area (TPSA) is 34.1 Å². The highest BCUT2D eigenvalue weighted by Crippen LogP contribution is 2.52. The molecule has 0 aliphatic heterocycles. The number of benzene rings is 2. The van der Waals surface area contributed by atoms with Crippen LogP contribution in [0.3, 0.4) is 0 Å². The van der Waals surface area contributed by atoms with Gasteiger partial charge in [-0.1, -0.05) is 12.1 Å². The minimum absolute atomic E-state index is 0.168. The van der Waals surface area contributed by atoms with Gasteiger partial charge < -0.3 is 0 Å². The van der Waals surface area contributed by atoms with Crippen LogP contribution in [0.15, 0.2) is 24.3 Å². The normalized spacial score (nSPS) is 17.7. The maximum Gasteiger partial charge on any atom is 0.164 e. The maximum atomic E-state index is 12.6. The third-order valence-corrected chi connectivity index (χ3v) is 5.82. The minimum atomic E-state index is -0.435. The number of Topliss-reactive ketones (excluding diaryl/α,β-unsaturated/α-hetero) is 2. The van der Waals surface area contributed by atoms with Crippen LogP contribution in [0.25, 0.3) is 0 Å². The second-order valence-electron chi connectivity index (χ2n) is 7.25. The molecule has 116 valence electrons. The molecule has 0 bridgehead atoms. The summed E-state index contributed by atoms with van der Waals surface area (Å²) < 4.78 is 0. The molecule has 0 saturated heterocycles. The zero-order valence-electron chi connectivity index (χ0n) is 14.0. The molecule has 2 aliphatic carbocycles. The Labute approximate surface area is 136 Å². The molecular formula is C21H20O2. The van der Waals surface area contributed by atoms with Crippen LogP contribution in [0.1, 0.15) is 66.9 Å². The SMILES string of the molecule is Cc1cc2c(cc1C)C1(CC2=O)CC(=O)c2cc(C)c(C)cc21. The molecule has 2 heteroatoms. The molecule has 0 heterocycles. The number of rotatable bonds is 0. The van der Waals surface area contributed by atoms with E-state index in [0.29, 0.717) is 12.8 Å². The van der Waals surface area contributed by atoms with Gasteiger partial charge in [0.15, 0.2) is 11.6 Å². The van der Waals surface area contributed by atoms with Gasteiger partial charge in [-0.15, -0.1) is 0 Å². The summed E-state index contributed by atoms with van der Waals surface area (Å²) in [5.74, 6) is 0.337. The molecule has 2 aliphatic rings. The fourth-order valence-electron chi connectivity index (χ4n) is 4.21. The highest BCUT2D eigenvalue weighted by atomic mass is 16.1. The van der Waals surface area contributed by atoms with E-state index in [1.165, 1.54) is 11.1 Å². The number of carbonyl (C=O) groups excluding carboxylic acids is 2. The highest BCUT2D eigenvalue weighted by molar-refractivity contribution is 6.10. The van der Waals surface area contributed by atoms with Gasteiger partial charge in [0, 0.05) is 29.4 Å². The van der Waals surface area contributed by atoms with E-state index in [9.17, 15) is 9.59 Å². The fourth-order valence-corrected chi connectivity index (χ4v) is 4.21. The largest absolute Gasteiger partial charge is 0.294 e. The average molecular weight is 304 g/mol. The molecule has 2 nitrogen and oxygen atoms in total. The highest BCUT2D eigenvalue weighted by Gasteiger charge is 2.51. The van der Waals surface area contributed by atoms with Crippen molar-refractivity contribution < 1.29 is 9.59 Å². The zero-order valence-corrected chi connectivity index (χ0v) is 14.0. The molecule has 0 N–H and O–H groups in total. The molecule has 2 aromatic rings. The van der Waals surface area contributed by atoms with Crippen molar-refractivity contribution in [1.29, 1.82) is 0 Å². The lowest BCUT2D eigenvalue weighted by atomic mass is 9.75. The van der Waals surface area contributed by atoms with Crippen molar-refractivity contribution in [3.8, 4) is 0 Å². The molecular weight excluding hydrogens is 284 g/mol. The van der Waals surface area contributed by atoms with Gasteiger partial charge in [-0.3, -0.25) is 9.59 Å². The molecule has 23 heavy (non-hydrogen) atoms. The van der Waals surface area contributed by atoms with Crippen molar-refractivity contribution >= 4 is 11.6 Å². The quantitative estimate of drug-likeness (QED) is 0.724. The summed E-state index contributed by atoms with van der Waals surface area (Å²) in [5, 5.41) is 0. The van der Waals surface area contributed by atoms with Gasteiger partial charge in [-0.2, -0.15) is 0 Å². The van der Waals surface area contributed by atoms with Gasteiger partial charge in [0.2, 0.25) is 0 Å². The van der Waals surface area contributed by atoms with Gasteiger partial charge in [-0.05, 0) is 73.2 Å². The molecule has 0 atom stereocenters. The van der Waals surface area contributed by atoms with Crippen LogP contribution in [-0.4, -0.2) is 11.6 Å². The summed E-state index contributed by atoms with van der Waals surface area (Å²) in [5.41, 5.74) is 7.94. The van der Waals surface area contributed by atoms with Crippen molar-refractivity contribution in [3.05, 3.63) is 68.8 Å². The van der Waals surface area contributed by atoms with E-state index in [1.54, 1.807) is 0 Å². The standard InChI is InChI=1S/C21H20O2/c1-11-5-15-17(7-13(11)3)21(9-19(15)22)10-20(23)16-6-12(2)14(4)8-18(16)21/h5-8H,9-10H2,1-4H3. The van der Waals surface area contributed by atoms with Crippen molar-refractivity contribution in [2.75, 3.05) is 0 Å². The van der Waals surface area contributed by atoms with Gasteiger partial charge >= 0.3 is 0 Å². The molecule has 1 spiro atoms. The van der Waals surface area contributed by atoms with E-state index >= 15 is 0 Å². The van der Waals surface area contributed by atoms with Gasteiger partial charge in [0.1, 0.15) is 0 Å². The molecule has 0 radical (unpaired) electrons. The first-order valence-corrected chi connectivity index (χ1v) is 8.13. The predicted octanol–water partition coefficient (Wildman–Crippen LogP) is 4.38. The molecule has 2 aromatic carbocycles. The number of fused-ring (bicyclic) bond motifs is 4. The molecule has 0 fully saturated rings. The van der Waals surface area contributed by atoms with Crippen molar-refractivity contribution in [1.82, 2.24) is 0 Å². The van der Waals surface area contributed by atoms with Crippen molar-refractivity contribution in [3.63, 3.8) is 0 Å². The van der Waals surface area contributed by atoms with Crippen LogP contribution < -0.4 is 0 Å². The molecule has 0 saturated carbocycles. The summed E-state index contributed by atoms with van der Waals surface area (Å²) in [4.78, 5) is 25.3. The number of hydrogen-bond acceptors (Lipinski definition) is 2. The second kappa shape index (κ2) is 4.41. The lowest BCUT2D eigenvalue weighted by Gasteiger charge is -2.26. The predicted molar refractivity (Wildman–Crippen MR) is 90.5 cm³/mol. The van der Waals surface area contributed by atoms with Crippen molar-refractivity contribution in [2.24, 2.45) is 0 Å². The number of ketones is 2. The van der Waals surface area contributed by atoms with Gasteiger partial charge in [0.05, 0.1) is 0 Å². The van der Waals surface area contributed by atoms with E-state index < -0.39 is 5.41 Å². The van der Waals surface area contributed by atoms with Gasteiger partial charge in [0.25, 0.3) is 0 Å². The zero-order chi connectivity index (χ0) is 16.5. The maximum absolute atomic E-state index is 12.6. The van der Waals surface area contributed by atoms with Crippen LogP contribution in [0.4, 0.5) is 0 Å². The van der Waals surface area contributed by atoms with E-state index in [1.807, 2.05) is 26.0 Å². The summed E-state index contributed by atoms with van der Waals surface area (Å²) in [6.07, 6.45) is 0.846. The lowest BCUT2D eigenvalue weighted by Crippen LogP contribution is -2.22. The summed E-state index contributed by atoms with van der Waals surface area (Å²) in [6, 6.07) is 8.27. The Morgan fingerprint density at radius 2 is 1.00 bits per heavy atom. The summed E-state index contributed by atoms with van der Waals surface area (Å²) >= 11 is 0. The van der Waals surface area contributed by atoms with E-state index in [-0.39, 0.29) is 11.6 Å². The molecule has 4 rings (SSSR count). The van der Waals surface area contributed by atoms with Crippen molar-refractivity contribution in [2.45, 2.75) is 46.0 Å². The number of hydrogen-bond donors (Lipinski definition) is 0. The second-order valence-corrected chi connectivity index (χ2v) is 7.25. The Bertz CT molecular complexity index is 827. The first kappa shape index (κ1) is 14.4. The Hall–Kier alpha value is -2.22. The molecule has 0 aromatic heterocycles. The van der Waals surface area contributed by atoms with Crippen LogP contribution in [0.5, 0.6) is 0 Å². The van der Waals surface area contributed by atoms with Crippen LogP contribution in [0.2, 0.25) is 0 Å². The average Bonchev–Trinajstić information content (AvgIpc) is 2.89. The Balaban J connectivity index is 2.04. The number of aryl methyl sites for hydroxylation is 4. The minimum Gasteiger partial charge on any atom is -0.294 e. The number of carbonyl (C=O) groups is 2. The van der Waals surface area contributed by atoms with E-state index in [4.69, 9.17) is 0 Å². The van der Waals surface area contributed by atoms with Gasteiger partial charge in [-0.25, -0.2) is 0 Å². The monoisotopic (exact) mass is 304 g/mol. The first-order chi connectivity index (χ1) is 10.8. The third kappa shape index (κ3) is 1.75. The van der Waals surface area contributed by atoms with E-state index in [0.717, 1.165) is 33.4 Å².